The minimum absolute atomic E-state index is 0.198. The average Bonchev–Trinajstić information content (AvgIpc) is 3.32. The third-order valence-electron chi connectivity index (χ3n) is 5.79. The summed E-state index contributed by atoms with van der Waals surface area (Å²) in [5, 5.41) is 5.80. The summed E-state index contributed by atoms with van der Waals surface area (Å²) in [4.78, 5) is 31.7. The van der Waals surface area contributed by atoms with Crippen molar-refractivity contribution in [2.45, 2.75) is 30.7 Å². The number of sulfone groups is 1. The van der Waals surface area contributed by atoms with Crippen molar-refractivity contribution in [3.05, 3.63) is 71.4 Å². The first-order chi connectivity index (χ1) is 16.6. The third-order valence-corrected chi connectivity index (χ3v) is 7.25. The van der Waals surface area contributed by atoms with E-state index in [-0.39, 0.29) is 15.8 Å². The maximum Gasteiger partial charge on any atom is 0.323 e. The van der Waals surface area contributed by atoms with Crippen molar-refractivity contribution in [2.75, 3.05) is 23.4 Å². The van der Waals surface area contributed by atoms with Crippen LogP contribution in [-0.2, 0) is 14.6 Å². The Morgan fingerprint density at radius 3 is 2.54 bits per heavy atom. The number of rotatable bonds is 5. The van der Waals surface area contributed by atoms with Crippen molar-refractivity contribution in [1.82, 2.24) is 9.88 Å². The molecular formula is C25H25ClN4O4S. The van der Waals surface area contributed by atoms with Gasteiger partial charge in [0.05, 0.1) is 15.6 Å². The Bertz CT molecular complexity index is 1380. The summed E-state index contributed by atoms with van der Waals surface area (Å²) in [5.41, 5.74) is 2.49. The molecular weight excluding hydrogens is 488 g/mol. The topological polar surface area (TPSA) is 108 Å². The summed E-state index contributed by atoms with van der Waals surface area (Å²) in [6, 6.07) is 14.1. The van der Waals surface area contributed by atoms with E-state index in [1.807, 2.05) is 13.0 Å². The normalized spacial score (nSPS) is 15.6. The van der Waals surface area contributed by atoms with Crippen molar-refractivity contribution in [2.24, 2.45) is 0 Å². The summed E-state index contributed by atoms with van der Waals surface area (Å²) in [7, 11) is -3.43. The Morgan fingerprint density at radius 2 is 1.86 bits per heavy atom. The molecule has 0 bridgehead atoms. The molecule has 1 aromatic heterocycles. The van der Waals surface area contributed by atoms with E-state index >= 15 is 0 Å². The molecule has 2 N–H and O–H groups in total. The van der Waals surface area contributed by atoms with Gasteiger partial charge in [-0.2, -0.15) is 0 Å². The summed E-state index contributed by atoms with van der Waals surface area (Å²) < 4.78 is 24.3. The highest BCUT2D eigenvalue weighted by Crippen LogP contribution is 2.33. The second-order valence-electron chi connectivity index (χ2n) is 8.45. The molecule has 1 saturated heterocycles. The molecule has 1 unspecified atom stereocenters. The number of nitrogens with zero attached hydrogens (tertiary/aromatic N) is 2. The molecule has 1 fully saturated rings. The van der Waals surface area contributed by atoms with Crippen LogP contribution in [0.5, 0.6) is 0 Å². The highest BCUT2D eigenvalue weighted by molar-refractivity contribution is 7.90. The Labute approximate surface area is 209 Å². The van der Waals surface area contributed by atoms with E-state index in [1.54, 1.807) is 54.7 Å². The standard InChI is InChI=1S/C25H25ClN4O4S/c1-16-9-12-23(27-15-16)29-25(32)30-13-5-7-21(30)24(31)28-20-11-10-17(14-19(20)26)18-6-3-4-8-22(18)35(2,33)34/h3-4,6,8-12,14-15,21H,5,7,13H2,1-2H3,(H,28,31)(H,27,29,32). The van der Waals surface area contributed by atoms with E-state index < -0.39 is 21.9 Å². The molecule has 0 spiro atoms. The van der Waals surface area contributed by atoms with Crippen LogP contribution in [0, 0.1) is 6.92 Å². The van der Waals surface area contributed by atoms with Crippen LogP contribution in [0.4, 0.5) is 16.3 Å². The Kier molecular flexibility index (Phi) is 7.09. The van der Waals surface area contributed by atoms with E-state index in [9.17, 15) is 18.0 Å². The molecule has 2 heterocycles. The number of aromatic nitrogens is 1. The fourth-order valence-corrected chi connectivity index (χ4v) is 5.17. The van der Waals surface area contributed by atoms with Gasteiger partial charge in [-0.1, -0.05) is 41.9 Å². The molecule has 3 amide bonds. The fraction of sp³-hybridized carbons (Fsp3) is 0.240. The number of hydrogen-bond acceptors (Lipinski definition) is 5. The van der Waals surface area contributed by atoms with Crippen molar-refractivity contribution in [1.29, 1.82) is 0 Å². The maximum atomic E-state index is 13.0. The molecule has 10 heteroatoms. The summed E-state index contributed by atoms with van der Waals surface area (Å²) >= 11 is 6.45. The first-order valence-corrected chi connectivity index (χ1v) is 13.3. The highest BCUT2D eigenvalue weighted by Gasteiger charge is 2.34. The number of hydrogen-bond donors (Lipinski definition) is 2. The molecule has 35 heavy (non-hydrogen) atoms. The lowest BCUT2D eigenvalue weighted by molar-refractivity contribution is -0.119. The SMILES string of the molecule is Cc1ccc(NC(=O)N2CCCC2C(=O)Nc2ccc(-c3ccccc3S(C)(=O)=O)cc2Cl)nc1. The van der Waals surface area contributed by atoms with E-state index in [2.05, 4.69) is 15.6 Å². The van der Waals surface area contributed by atoms with Crippen molar-refractivity contribution < 1.29 is 18.0 Å². The second-order valence-corrected chi connectivity index (χ2v) is 10.8. The predicted octanol–water partition coefficient (Wildman–Crippen LogP) is 4.75. The molecule has 182 valence electrons. The number of aryl methyl sites for hydroxylation is 1. The zero-order valence-corrected chi connectivity index (χ0v) is 20.9. The van der Waals surface area contributed by atoms with Gasteiger partial charge in [-0.15, -0.1) is 0 Å². The fourth-order valence-electron chi connectivity index (χ4n) is 4.03. The Balaban J connectivity index is 1.49. The number of halogens is 1. The first kappa shape index (κ1) is 24.7. The van der Waals surface area contributed by atoms with Crippen LogP contribution in [-0.4, -0.2) is 49.1 Å². The number of benzene rings is 2. The Morgan fingerprint density at radius 1 is 1.09 bits per heavy atom. The molecule has 1 aliphatic rings. The molecule has 2 aromatic carbocycles. The van der Waals surface area contributed by atoms with Crippen LogP contribution < -0.4 is 10.6 Å². The van der Waals surface area contributed by atoms with Crippen LogP contribution in [0.3, 0.4) is 0 Å². The molecule has 0 saturated carbocycles. The van der Waals surface area contributed by atoms with Gasteiger partial charge in [0.2, 0.25) is 5.91 Å². The largest absolute Gasteiger partial charge is 0.323 e. The van der Waals surface area contributed by atoms with Gasteiger partial charge in [0.1, 0.15) is 11.9 Å². The summed E-state index contributed by atoms with van der Waals surface area (Å²) in [6.45, 7) is 2.35. The van der Waals surface area contributed by atoms with Crippen molar-refractivity contribution in [3.8, 4) is 11.1 Å². The van der Waals surface area contributed by atoms with Gasteiger partial charge in [-0.3, -0.25) is 10.1 Å². The smallest absolute Gasteiger partial charge is 0.323 e. The van der Waals surface area contributed by atoms with Crippen LogP contribution in [0.15, 0.2) is 65.7 Å². The van der Waals surface area contributed by atoms with Gasteiger partial charge >= 0.3 is 6.03 Å². The van der Waals surface area contributed by atoms with E-state index in [4.69, 9.17) is 11.6 Å². The van der Waals surface area contributed by atoms with Gasteiger partial charge in [-0.05, 0) is 55.2 Å². The van der Waals surface area contributed by atoms with Gasteiger partial charge < -0.3 is 10.2 Å². The minimum Gasteiger partial charge on any atom is -0.323 e. The number of nitrogens with one attached hydrogen (secondary N) is 2. The zero-order valence-electron chi connectivity index (χ0n) is 19.3. The quantitative estimate of drug-likeness (QED) is 0.513. The minimum atomic E-state index is -3.43. The number of amides is 3. The number of carbonyl (C=O) groups is 2. The molecule has 1 atom stereocenters. The summed E-state index contributed by atoms with van der Waals surface area (Å²) in [5.74, 6) is 0.0698. The maximum absolute atomic E-state index is 13.0. The van der Waals surface area contributed by atoms with Crippen LogP contribution >= 0.6 is 11.6 Å². The summed E-state index contributed by atoms with van der Waals surface area (Å²) in [6.07, 6.45) is 4.03. The van der Waals surface area contributed by atoms with Crippen LogP contribution in [0.25, 0.3) is 11.1 Å². The highest BCUT2D eigenvalue weighted by atomic mass is 35.5. The van der Waals surface area contributed by atoms with Crippen LogP contribution in [0.2, 0.25) is 5.02 Å². The van der Waals surface area contributed by atoms with Gasteiger partial charge in [-0.25, -0.2) is 18.2 Å². The molecule has 0 aliphatic carbocycles. The van der Waals surface area contributed by atoms with Gasteiger partial charge in [0, 0.05) is 24.6 Å². The van der Waals surface area contributed by atoms with E-state index in [0.717, 1.165) is 11.8 Å². The molecule has 4 rings (SSSR count). The van der Waals surface area contributed by atoms with E-state index in [1.165, 1.54) is 4.90 Å². The zero-order chi connectivity index (χ0) is 25.2. The lowest BCUT2D eigenvalue weighted by Gasteiger charge is -2.24. The lowest BCUT2D eigenvalue weighted by Crippen LogP contribution is -2.45. The molecule has 0 radical (unpaired) electrons. The number of pyridine rings is 1. The first-order valence-electron chi connectivity index (χ1n) is 11.0. The van der Waals surface area contributed by atoms with Gasteiger partial charge in [0.15, 0.2) is 9.84 Å². The number of carbonyl (C=O) groups excluding carboxylic acids is 2. The van der Waals surface area contributed by atoms with Crippen molar-refractivity contribution in [3.63, 3.8) is 0 Å². The third kappa shape index (κ3) is 5.63. The van der Waals surface area contributed by atoms with E-state index in [0.29, 0.717) is 42.0 Å². The molecule has 8 nitrogen and oxygen atoms in total. The van der Waals surface area contributed by atoms with Crippen LogP contribution in [0.1, 0.15) is 18.4 Å². The van der Waals surface area contributed by atoms with Gasteiger partial charge in [0.25, 0.3) is 0 Å². The van der Waals surface area contributed by atoms with Crippen molar-refractivity contribution >= 4 is 44.9 Å². The predicted molar refractivity (Wildman–Crippen MR) is 136 cm³/mol. The molecule has 1 aliphatic heterocycles. The monoisotopic (exact) mass is 512 g/mol. The second kappa shape index (κ2) is 10.1. The molecule has 3 aromatic rings. The number of anilines is 2. The Hall–Kier alpha value is -3.43. The number of likely N-dealkylation sites (tertiary alicyclic amines) is 1. The lowest BCUT2D eigenvalue weighted by atomic mass is 10.1. The average molecular weight is 513 g/mol. The number of urea groups is 1.